The molecule has 122 valence electrons. The van der Waals surface area contributed by atoms with Crippen molar-refractivity contribution in [3.05, 3.63) is 30.0 Å². The van der Waals surface area contributed by atoms with Crippen LogP contribution < -0.4 is 14.5 Å². The monoisotopic (exact) mass is 317 g/mol. The van der Waals surface area contributed by atoms with Crippen molar-refractivity contribution in [1.82, 2.24) is 10.2 Å². The fourth-order valence-corrected chi connectivity index (χ4v) is 2.86. The lowest BCUT2D eigenvalue weighted by Crippen LogP contribution is -2.48. The van der Waals surface area contributed by atoms with E-state index in [2.05, 4.69) is 5.27 Å². The molecule has 0 saturated carbocycles. The fourth-order valence-electron chi connectivity index (χ4n) is 2.86. The van der Waals surface area contributed by atoms with Gasteiger partial charge in [0.25, 0.3) is 0 Å². The Morgan fingerprint density at radius 2 is 2.13 bits per heavy atom. The highest BCUT2D eigenvalue weighted by Gasteiger charge is 2.34. The maximum Gasteiger partial charge on any atom is 0.327 e. The van der Waals surface area contributed by atoms with E-state index in [0.717, 1.165) is 19.3 Å². The first kappa shape index (κ1) is 15.3. The number of aromatic nitrogens is 2. The number of methoxy groups -OCH3 is 1. The van der Waals surface area contributed by atoms with Crippen LogP contribution in [-0.4, -0.2) is 35.8 Å². The van der Waals surface area contributed by atoms with Gasteiger partial charge in [0.2, 0.25) is 5.69 Å². The van der Waals surface area contributed by atoms with Gasteiger partial charge < -0.3 is 19.3 Å². The van der Waals surface area contributed by atoms with Gasteiger partial charge >= 0.3 is 11.6 Å². The van der Waals surface area contributed by atoms with Crippen molar-refractivity contribution in [1.29, 1.82) is 0 Å². The van der Waals surface area contributed by atoms with Gasteiger partial charge in [0, 0.05) is 24.7 Å². The van der Waals surface area contributed by atoms with E-state index in [1.54, 1.807) is 36.3 Å². The topological polar surface area (TPSA) is 82.5 Å². The second-order valence-corrected chi connectivity index (χ2v) is 5.66. The summed E-state index contributed by atoms with van der Waals surface area (Å²) in [6, 6.07) is 7.02. The van der Waals surface area contributed by atoms with Crippen LogP contribution in [0.4, 0.5) is 0 Å². The van der Waals surface area contributed by atoms with Crippen LogP contribution in [0.25, 0.3) is 5.69 Å². The number of hydrogen-bond donors (Lipinski definition) is 0. The Balaban J connectivity index is 1.96. The van der Waals surface area contributed by atoms with E-state index in [1.165, 1.54) is 4.68 Å². The zero-order valence-corrected chi connectivity index (χ0v) is 13.2. The van der Waals surface area contributed by atoms with Gasteiger partial charge in [-0.15, -0.1) is 0 Å². The molecule has 1 aliphatic heterocycles. The van der Waals surface area contributed by atoms with Gasteiger partial charge in [0.1, 0.15) is 5.75 Å². The zero-order valence-electron chi connectivity index (χ0n) is 13.2. The van der Waals surface area contributed by atoms with Gasteiger partial charge in [-0.25, -0.2) is 0 Å². The summed E-state index contributed by atoms with van der Waals surface area (Å²) >= 11 is 0. The van der Waals surface area contributed by atoms with Crippen LogP contribution in [0, 0.1) is 0 Å². The van der Waals surface area contributed by atoms with Crippen LogP contribution >= 0.6 is 0 Å². The van der Waals surface area contributed by atoms with Crippen LogP contribution in [-0.2, 0) is 0 Å². The summed E-state index contributed by atoms with van der Waals surface area (Å²) < 4.78 is 11.1. The summed E-state index contributed by atoms with van der Waals surface area (Å²) in [4.78, 5) is 14.5. The summed E-state index contributed by atoms with van der Waals surface area (Å²) in [5, 5.41) is 15.7. The van der Waals surface area contributed by atoms with E-state index in [4.69, 9.17) is 9.26 Å². The molecule has 3 rings (SSSR count). The molecule has 1 atom stereocenters. The molecular weight excluding hydrogens is 298 g/mol. The molecule has 1 aliphatic rings. The molecular formula is C16H19N3O4. The molecule has 1 fully saturated rings. The SMILES string of the molecule is COc1ccc(-[n+]2noc([O-])c2C(=O)N2CCCCC2C)cc1. The third-order valence-electron chi connectivity index (χ3n) is 4.19. The predicted octanol–water partition coefficient (Wildman–Crippen LogP) is 1.05. The Morgan fingerprint density at radius 1 is 1.39 bits per heavy atom. The number of amides is 1. The Labute approximate surface area is 134 Å². The first-order chi connectivity index (χ1) is 11.1. The minimum absolute atomic E-state index is 0.0658. The molecule has 0 radical (unpaired) electrons. The van der Waals surface area contributed by atoms with Crippen LogP contribution in [0.5, 0.6) is 11.7 Å². The number of hydrogen-bond acceptors (Lipinski definition) is 5. The third kappa shape index (κ3) is 2.86. The largest absolute Gasteiger partial charge is 0.538 e. The second-order valence-electron chi connectivity index (χ2n) is 5.66. The van der Waals surface area contributed by atoms with Crippen molar-refractivity contribution in [3.8, 4) is 17.4 Å². The van der Waals surface area contributed by atoms with E-state index in [0.29, 0.717) is 18.0 Å². The zero-order chi connectivity index (χ0) is 16.4. The molecule has 2 aromatic rings. The van der Waals surface area contributed by atoms with E-state index in [-0.39, 0.29) is 17.6 Å². The summed E-state index contributed by atoms with van der Waals surface area (Å²) in [6.45, 7) is 2.64. The fraction of sp³-hybridized carbons (Fsp3) is 0.438. The van der Waals surface area contributed by atoms with Crippen molar-refractivity contribution in [3.63, 3.8) is 0 Å². The number of nitrogens with zero attached hydrogens (tertiary/aromatic N) is 3. The van der Waals surface area contributed by atoms with Gasteiger partial charge in [-0.05, 0) is 43.0 Å². The number of piperidine rings is 1. The molecule has 7 nitrogen and oxygen atoms in total. The molecule has 1 amide bonds. The highest BCUT2D eigenvalue weighted by atomic mass is 16.6. The molecule has 1 unspecified atom stereocenters. The van der Waals surface area contributed by atoms with Gasteiger partial charge in [-0.3, -0.25) is 4.79 Å². The lowest BCUT2D eigenvalue weighted by molar-refractivity contribution is -0.672. The predicted molar refractivity (Wildman–Crippen MR) is 78.4 cm³/mol. The lowest BCUT2D eigenvalue weighted by Gasteiger charge is -2.32. The van der Waals surface area contributed by atoms with Gasteiger partial charge in [0.05, 0.1) is 12.4 Å². The Morgan fingerprint density at radius 3 is 2.78 bits per heavy atom. The number of ether oxygens (including phenoxy) is 1. The van der Waals surface area contributed by atoms with E-state index in [9.17, 15) is 9.90 Å². The lowest BCUT2D eigenvalue weighted by atomic mass is 10.0. The normalized spacial score (nSPS) is 18.0. The quantitative estimate of drug-likeness (QED) is 0.790. The molecule has 23 heavy (non-hydrogen) atoms. The average Bonchev–Trinajstić information content (AvgIpc) is 2.96. The molecule has 0 N–H and O–H groups in total. The van der Waals surface area contributed by atoms with Crippen molar-refractivity contribution >= 4 is 5.91 Å². The molecule has 7 heteroatoms. The molecule has 0 bridgehead atoms. The minimum Gasteiger partial charge on any atom is -0.538 e. The first-order valence-corrected chi connectivity index (χ1v) is 7.66. The smallest absolute Gasteiger partial charge is 0.327 e. The number of benzene rings is 1. The van der Waals surface area contributed by atoms with Crippen LogP contribution in [0.2, 0.25) is 0 Å². The maximum atomic E-state index is 12.8. The third-order valence-corrected chi connectivity index (χ3v) is 4.19. The standard InChI is InChI=1S/C16H19N3O4/c1-11-5-3-4-10-18(11)15(20)14-16(21)23-17-19(14)12-6-8-13(22-2)9-7-12/h6-9,11H,3-5,10H2,1-2H3. The highest BCUT2D eigenvalue weighted by molar-refractivity contribution is 5.93. The van der Waals surface area contributed by atoms with E-state index in [1.807, 2.05) is 6.92 Å². The molecule has 1 aromatic heterocycles. The average molecular weight is 317 g/mol. The van der Waals surface area contributed by atoms with Crippen molar-refractivity contribution < 1.29 is 23.8 Å². The maximum absolute atomic E-state index is 12.8. The summed E-state index contributed by atoms with van der Waals surface area (Å²) in [5.74, 6) is -0.374. The van der Waals surface area contributed by atoms with E-state index < -0.39 is 5.95 Å². The van der Waals surface area contributed by atoms with Gasteiger partial charge in [-0.2, -0.15) is 0 Å². The molecule has 2 heterocycles. The van der Waals surface area contributed by atoms with Crippen molar-refractivity contribution in [2.24, 2.45) is 0 Å². The van der Waals surface area contributed by atoms with Crippen LogP contribution in [0.3, 0.4) is 0 Å². The van der Waals surface area contributed by atoms with Gasteiger partial charge in [-0.1, -0.05) is 0 Å². The van der Waals surface area contributed by atoms with E-state index >= 15 is 0 Å². The first-order valence-electron chi connectivity index (χ1n) is 7.66. The van der Waals surface area contributed by atoms with Crippen molar-refractivity contribution in [2.75, 3.05) is 13.7 Å². The summed E-state index contributed by atoms with van der Waals surface area (Å²) in [5.41, 5.74) is 0.508. The Kier molecular flexibility index (Phi) is 4.18. The molecule has 1 saturated heterocycles. The summed E-state index contributed by atoms with van der Waals surface area (Å²) in [6.07, 6.45) is 2.98. The summed E-state index contributed by atoms with van der Waals surface area (Å²) in [7, 11) is 1.57. The molecule has 1 aromatic carbocycles. The molecule has 0 aliphatic carbocycles. The van der Waals surface area contributed by atoms with Crippen molar-refractivity contribution in [2.45, 2.75) is 32.2 Å². The number of likely N-dealkylation sites (tertiary alicyclic amines) is 1. The Hall–Kier alpha value is -2.57. The number of rotatable bonds is 3. The number of carbonyl (C=O) groups is 1. The van der Waals surface area contributed by atoms with Gasteiger partial charge in [0.15, 0.2) is 5.95 Å². The second kappa shape index (κ2) is 6.28. The van der Waals surface area contributed by atoms with Crippen LogP contribution in [0.1, 0.15) is 36.7 Å². The highest BCUT2D eigenvalue weighted by Crippen LogP contribution is 2.21. The van der Waals surface area contributed by atoms with Crippen LogP contribution in [0.15, 0.2) is 28.8 Å². The minimum atomic E-state index is -0.719. The molecule has 0 spiro atoms. The Bertz CT molecular complexity index is 696. The number of carbonyl (C=O) groups excluding carboxylic acids is 1.